The maximum absolute atomic E-state index is 11.9. The molecule has 0 radical (unpaired) electrons. The van der Waals surface area contributed by atoms with Crippen molar-refractivity contribution in [2.75, 3.05) is 26.3 Å². The highest BCUT2D eigenvalue weighted by molar-refractivity contribution is 7.16. The number of ether oxygens (including phenoxy) is 1. The van der Waals surface area contributed by atoms with Gasteiger partial charge in [-0.2, -0.15) is 0 Å². The van der Waals surface area contributed by atoms with E-state index in [4.69, 9.17) is 16.3 Å². The minimum absolute atomic E-state index is 0.0113. The van der Waals surface area contributed by atoms with Gasteiger partial charge in [-0.05, 0) is 19.1 Å². The summed E-state index contributed by atoms with van der Waals surface area (Å²) < 4.78 is 5.95. The number of morpholine rings is 1. The zero-order chi connectivity index (χ0) is 12.3. The van der Waals surface area contributed by atoms with Gasteiger partial charge in [0.1, 0.15) is 0 Å². The Balaban J connectivity index is 1.89. The number of nitrogens with zero attached hydrogens (tertiary/aromatic N) is 1. The molecule has 1 N–H and O–H groups in total. The fraction of sp³-hybridized carbons (Fsp3) is 0.545. The lowest BCUT2D eigenvalue weighted by Crippen LogP contribution is -2.46. The number of urea groups is 1. The largest absolute Gasteiger partial charge is 0.378 e. The molecule has 0 aliphatic carbocycles. The van der Waals surface area contributed by atoms with E-state index in [9.17, 15) is 4.79 Å². The Morgan fingerprint density at radius 3 is 2.82 bits per heavy atom. The maximum Gasteiger partial charge on any atom is 0.318 e. The van der Waals surface area contributed by atoms with E-state index in [2.05, 4.69) is 5.32 Å². The van der Waals surface area contributed by atoms with Gasteiger partial charge in [0, 0.05) is 18.0 Å². The summed E-state index contributed by atoms with van der Waals surface area (Å²) in [5, 5.41) is 2.96. The van der Waals surface area contributed by atoms with Crippen molar-refractivity contribution >= 4 is 29.0 Å². The molecule has 1 aliphatic rings. The standard InChI is InChI=1S/C11H15ClN2O2S/c1-8(9-2-3-10(12)17-9)13-11(15)14-4-6-16-7-5-14/h2-3,8H,4-7H2,1H3,(H,13,15). The zero-order valence-electron chi connectivity index (χ0n) is 9.61. The molecule has 0 spiro atoms. The second-order valence-corrected chi connectivity index (χ2v) is 5.66. The Hall–Kier alpha value is -0.780. The topological polar surface area (TPSA) is 41.6 Å². The van der Waals surface area contributed by atoms with Crippen LogP contribution in [0, 0.1) is 0 Å². The summed E-state index contributed by atoms with van der Waals surface area (Å²) in [7, 11) is 0. The third kappa shape index (κ3) is 3.34. The molecule has 4 nitrogen and oxygen atoms in total. The second kappa shape index (κ2) is 5.71. The zero-order valence-corrected chi connectivity index (χ0v) is 11.2. The monoisotopic (exact) mass is 274 g/mol. The molecule has 1 aliphatic heterocycles. The average molecular weight is 275 g/mol. The third-order valence-corrected chi connectivity index (χ3v) is 4.07. The van der Waals surface area contributed by atoms with E-state index >= 15 is 0 Å². The normalized spacial score (nSPS) is 17.9. The first kappa shape index (κ1) is 12.7. The molecule has 2 amide bonds. The Morgan fingerprint density at radius 1 is 1.53 bits per heavy atom. The second-order valence-electron chi connectivity index (χ2n) is 3.91. The summed E-state index contributed by atoms with van der Waals surface area (Å²) in [4.78, 5) is 14.8. The highest BCUT2D eigenvalue weighted by Gasteiger charge is 2.19. The first-order chi connectivity index (χ1) is 8.16. The Bertz CT molecular complexity index is 391. The molecule has 94 valence electrons. The average Bonchev–Trinajstić information content (AvgIpc) is 2.77. The number of carbonyl (C=O) groups excluding carboxylic acids is 1. The van der Waals surface area contributed by atoms with Crippen LogP contribution < -0.4 is 5.32 Å². The number of carbonyl (C=O) groups is 1. The molecule has 1 aromatic rings. The number of hydrogen-bond acceptors (Lipinski definition) is 3. The molecular formula is C11H15ClN2O2S. The van der Waals surface area contributed by atoms with E-state index in [1.54, 1.807) is 4.90 Å². The van der Waals surface area contributed by atoms with Crippen LogP contribution in [0.2, 0.25) is 4.34 Å². The molecule has 0 aromatic carbocycles. The van der Waals surface area contributed by atoms with Crippen molar-refractivity contribution in [3.8, 4) is 0 Å². The summed E-state index contributed by atoms with van der Waals surface area (Å²) in [5.74, 6) is 0. The number of nitrogens with one attached hydrogen (secondary N) is 1. The molecule has 1 saturated heterocycles. The lowest BCUT2D eigenvalue weighted by Gasteiger charge is -2.28. The van der Waals surface area contributed by atoms with Gasteiger partial charge in [-0.25, -0.2) is 4.79 Å². The number of thiophene rings is 1. The van der Waals surface area contributed by atoms with Crippen molar-refractivity contribution < 1.29 is 9.53 Å². The molecule has 0 bridgehead atoms. The fourth-order valence-corrected chi connectivity index (χ4v) is 2.74. The van der Waals surface area contributed by atoms with Gasteiger partial charge in [0.15, 0.2) is 0 Å². The van der Waals surface area contributed by atoms with Crippen molar-refractivity contribution in [1.82, 2.24) is 10.2 Å². The molecule has 0 saturated carbocycles. The van der Waals surface area contributed by atoms with Crippen LogP contribution in [0.4, 0.5) is 4.79 Å². The van der Waals surface area contributed by atoms with Gasteiger partial charge in [0.05, 0.1) is 23.6 Å². The van der Waals surface area contributed by atoms with Gasteiger partial charge in [0.2, 0.25) is 0 Å². The summed E-state index contributed by atoms with van der Waals surface area (Å²) in [6.45, 7) is 4.51. The van der Waals surface area contributed by atoms with Gasteiger partial charge in [-0.15, -0.1) is 11.3 Å². The number of hydrogen-bond donors (Lipinski definition) is 1. The Morgan fingerprint density at radius 2 is 2.24 bits per heavy atom. The van der Waals surface area contributed by atoms with Gasteiger partial charge in [0.25, 0.3) is 0 Å². The van der Waals surface area contributed by atoms with Crippen LogP contribution in [0.25, 0.3) is 0 Å². The number of rotatable bonds is 2. The highest BCUT2D eigenvalue weighted by atomic mass is 35.5. The predicted octanol–water partition coefficient (Wildman–Crippen LogP) is 2.50. The Labute approximate surface area is 110 Å². The SMILES string of the molecule is CC(NC(=O)N1CCOCC1)c1ccc(Cl)s1. The molecule has 1 aromatic heterocycles. The molecule has 2 rings (SSSR count). The first-order valence-electron chi connectivity index (χ1n) is 5.55. The Kier molecular flexibility index (Phi) is 4.25. The van der Waals surface area contributed by atoms with Gasteiger partial charge >= 0.3 is 6.03 Å². The first-order valence-corrected chi connectivity index (χ1v) is 6.74. The molecule has 17 heavy (non-hydrogen) atoms. The van der Waals surface area contributed by atoms with E-state index in [0.29, 0.717) is 26.3 Å². The molecule has 1 unspecified atom stereocenters. The fourth-order valence-electron chi connectivity index (χ4n) is 1.68. The summed E-state index contributed by atoms with van der Waals surface area (Å²) in [5.41, 5.74) is 0. The molecule has 1 fully saturated rings. The molecular weight excluding hydrogens is 260 g/mol. The third-order valence-electron chi connectivity index (χ3n) is 2.66. The quantitative estimate of drug-likeness (QED) is 0.900. The summed E-state index contributed by atoms with van der Waals surface area (Å²) in [6.07, 6.45) is 0. The summed E-state index contributed by atoms with van der Waals surface area (Å²) >= 11 is 7.36. The number of amides is 2. The van der Waals surface area contributed by atoms with Crippen LogP contribution in [-0.2, 0) is 4.74 Å². The maximum atomic E-state index is 11.9. The smallest absolute Gasteiger partial charge is 0.318 e. The number of halogens is 1. The van der Waals surface area contributed by atoms with Crippen molar-refractivity contribution in [1.29, 1.82) is 0 Å². The van der Waals surface area contributed by atoms with Crippen LogP contribution in [0.3, 0.4) is 0 Å². The van der Waals surface area contributed by atoms with Crippen LogP contribution in [0.1, 0.15) is 17.8 Å². The van der Waals surface area contributed by atoms with Crippen molar-refractivity contribution in [2.45, 2.75) is 13.0 Å². The van der Waals surface area contributed by atoms with Crippen LogP contribution in [-0.4, -0.2) is 37.2 Å². The highest BCUT2D eigenvalue weighted by Crippen LogP contribution is 2.26. The lowest BCUT2D eigenvalue weighted by molar-refractivity contribution is 0.0526. The minimum atomic E-state index is -0.0367. The van der Waals surface area contributed by atoms with E-state index < -0.39 is 0 Å². The van der Waals surface area contributed by atoms with Gasteiger partial charge in [-0.1, -0.05) is 11.6 Å². The van der Waals surface area contributed by atoms with Crippen LogP contribution in [0.5, 0.6) is 0 Å². The van der Waals surface area contributed by atoms with E-state index in [1.807, 2.05) is 19.1 Å². The van der Waals surface area contributed by atoms with E-state index in [-0.39, 0.29) is 12.1 Å². The van der Waals surface area contributed by atoms with Gasteiger partial charge < -0.3 is 15.0 Å². The van der Waals surface area contributed by atoms with Gasteiger partial charge in [-0.3, -0.25) is 0 Å². The molecule has 1 atom stereocenters. The predicted molar refractivity (Wildman–Crippen MR) is 68.7 cm³/mol. The summed E-state index contributed by atoms with van der Waals surface area (Å²) in [6, 6.07) is 3.74. The van der Waals surface area contributed by atoms with E-state index in [0.717, 1.165) is 9.21 Å². The molecule has 6 heteroatoms. The lowest BCUT2D eigenvalue weighted by atomic mass is 10.3. The molecule has 2 heterocycles. The van der Waals surface area contributed by atoms with Crippen molar-refractivity contribution in [3.63, 3.8) is 0 Å². The minimum Gasteiger partial charge on any atom is -0.378 e. The van der Waals surface area contributed by atoms with E-state index in [1.165, 1.54) is 11.3 Å². The van der Waals surface area contributed by atoms with Crippen molar-refractivity contribution in [2.24, 2.45) is 0 Å². The van der Waals surface area contributed by atoms with Crippen LogP contribution in [0.15, 0.2) is 12.1 Å². The van der Waals surface area contributed by atoms with Crippen molar-refractivity contribution in [3.05, 3.63) is 21.3 Å². The van der Waals surface area contributed by atoms with Crippen LogP contribution >= 0.6 is 22.9 Å².